The molecule has 0 spiro atoms. The van der Waals surface area contributed by atoms with Crippen molar-refractivity contribution < 1.29 is 9.32 Å². The Balaban J connectivity index is 1.54. The van der Waals surface area contributed by atoms with Crippen LogP contribution in [0.3, 0.4) is 0 Å². The third-order valence-corrected chi connectivity index (χ3v) is 4.65. The number of anilines is 2. The minimum atomic E-state index is -0.0193. The van der Waals surface area contributed by atoms with Crippen LogP contribution in [-0.2, 0) is 17.8 Å². The Morgan fingerprint density at radius 1 is 1.10 bits per heavy atom. The molecule has 2 aromatic carbocycles. The lowest BCUT2D eigenvalue weighted by atomic mass is 10.1. The lowest BCUT2D eigenvalue weighted by molar-refractivity contribution is -0.116. The number of nitrogens with one attached hydrogen (secondary N) is 1. The average Bonchev–Trinajstić information content (AvgIpc) is 3.18. The lowest BCUT2D eigenvalue weighted by Gasteiger charge is -2.22. The molecule has 0 aliphatic carbocycles. The molecule has 0 radical (unpaired) electrons. The van der Waals surface area contributed by atoms with Crippen molar-refractivity contribution in [1.29, 1.82) is 0 Å². The zero-order valence-electron chi connectivity index (χ0n) is 17.3. The summed E-state index contributed by atoms with van der Waals surface area (Å²) in [6.45, 7) is 4.81. The number of hydrogen-bond acceptors (Lipinski definition) is 5. The van der Waals surface area contributed by atoms with Crippen molar-refractivity contribution in [3.63, 3.8) is 0 Å². The SMILES string of the molecule is CC(C)c1noc(CCCC(=O)Nc2ccccc2N(C)Cc2ccccc2)n1. The molecule has 3 aromatic rings. The maximum absolute atomic E-state index is 12.5. The average molecular weight is 393 g/mol. The van der Waals surface area contributed by atoms with Crippen LogP contribution in [0.2, 0.25) is 0 Å². The van der Waals surface area contributed by atoms with Crippen molar-refractivity contribution >= 4 is 17.3 Å². The number of hydrogen-bond donors (Lipinski definition) is 1. The van der Waals surface area contributed by atoms with Crippen LogP contribution >= 0.6 is 0 Å². The van der Waals surface area contributed by atoms with E-state index in [-0.39, 0.29) is 11.8 Å². The van der Waals surface area contributed by atoms with Gasteiger partial charge in [0.25, 0.3) is 0 Å². The second-order valence-corrected chi connectivity index (χ2v) is 7.46. The molecule has 0 aliphatic heterocycles. The standard InChI is InChI=1S/C23H28N4O2/c1-17(2)23-25-22(29-26-23)15-9-14-21(28)24-19-12-7-8-13-20(19)27(3)16-18-10-5-4-6-11-18/h4-8,10-13,17H,9,14-16H2,1-3H3,(H,24,28). The summed E-state index contributed by atoms with van der Waals surface area (Å²) < 4.78 is 5.23. The fourth-order valence-electron chi connectivity index (χ4n) is 3.07. The normalized spacial score (nSPS) is 10.9. The molecule has 1 N–H and O–H groups in total. The fraction of sp³-hybridized carbons (Fsp3) is 0.348. The van der Waals surface area contributed by atoms with Crippen molar-refractivity contribution in [3.8, 4) is 0 Å². The number of aryl methyl sites for hydroxylation is 1. The maximum atomic E-state index is 12.5. The first-order valence-electron chi connectivity index (χ1n) is 9.99. The summed E-state index contributed by atoms with van der Waals surface area (Å²) in [7, 11) is 2.03. The Bertz CT molecular complexity index is 921. The highest BCUT2D eigenvalue weighted by atomic mass is 16.5. The minimum Gasteiger partial charge on any atom is -0.369 e. The van der Waals surface area contributed by atoms with E-state index in [9.17, 15) is 4.79 Å². The summed E-state index contributed by atoms with van der Waals surface area (Å²) in [5.41, 5.74) is 3.02. The Hall–Kier alpha value is -3.15. The molecule has 6 heteroatoms. The van der Waals surface area contributed by atoms with E-state index in [1.165, 1.54) is 5.56 Å². The molecule has 0 unspecified atom stereocenters. The molecular weight excluding hydrogens is 364 g/mol. The molecule has 3 rings (SSSR count). The number of carbonyl (C=O) groups excluding carboxylic acids is 1. The van der Waals surface area contributed by atoms with Gasteiger partial charge in [-0.1, -0.05) is 61.5 Å². The van der Waals surface area contributed by atoms with E-state index in [1.54, 1.807) is 0 Å². The number of nitrogens with zero attached hydrogens (tertiary/aromatic N) is 3. The van der Waals surface area contributed by atoms with Crippen LogP contribution in [0.15, 0.2) is 59.1 Å². The van der Waals surface area contributed by atoms with Crippen LogP contribution in [0.1, 0.15) is 49.9 Å². The first-order chi connectivity index (χ1) is 14.0. The third-order valence-electron chi connectivity index (χ3n) is 4.65. The zero-order chi connectivity index (χ0) is 20.6. The molecule has 29 heavy (non-hydrogen) atoms. The van der Waals surface area contributed by atoms with Crippen molar-refractivity contribution in [2.75, 3.05) is 17.3 Å². The summed E-state index contributed by atoms with van der Waals surface area (Å²) in [4.78, 5) is 18.9. The molecule has 0 aliphatic rings. The molecular formula is C23H28N4O2. The predicted molar refractivity (Wildman–Crippen MR) is 115 cm³/mol. The van der Waals surface area contributed by atoms with E-state index in [0.717, 1.165) is 17.9 Å². The van der Waals surface area contributed by atoms with Crippen LogP contribution < -0.4 is 10.2 Å². The van der Waals surface area contributed by atoms with E-state index in [1.807, 2.05) is 63.4 Å². The number of benzene rings is 2. The van der Waals surface area contributed by atoms with Gasteiger partial charge in [-0.05, 0) is 24.1 Å². The van der Waals surface area contributed by atoms with Gasteiger partial charge in [0.05, 0.1) is 11.4 Å². The Morgan fingerprint density at radius 3 is 2.55 bits per heavy atom. The van der Waals surface area contributed by atoms with Gasteiger partial charge in [-0.2, -0.15) is 4.98 Å². The van der Waals surface area contributed by atoms with Gasteiger partial charge < -0.3 is 14.7 Å². The minimum absolute atomic E-state index is 0.0193. The molecule has 1 aromatic heterocycles. The van der Waals surface area contributed by atoms with Crippen LogP contribution in [-0.4, -0.2) is 23.1 Å². The molecule has 1 heterocycles. The second-order valence-electron chi connectivity index (χ2n) is 7.46. The summed E-state index contributed by atoms with van der Waals surface area (Å²) in [5.74, 6) is 1.51. The van der Waals surface area contributed by atoms with E-state index in [2.05, 4.69) is 32.5 Å². The van der Waals surface area contributed by atoms with Crippen molar-refractivity contribution in [2.24, 2.45) is 0 Å². The Labute approximate surface area is 171 Å². The number of rotatable bonds is 9. The topological polar surface area (TPSA) is 71.3 Å². The molecule has 6 nitrogen and oxygen atoms in total. The van der Waals surface area contributed by atoms with E-state index >= 15 is 0 Å². The monoisotopic (exact) mass is 392 g/mol. The van der Waals surface area contributed by atoms with E-state index < -0.39 is 0 Å². The number of para-hydroxylation sites is 2. The van der Waals surface area contributed by atoms with Crippen LogP contribution in [0.25, 0.3) is 0 Å². The first-order valence-corrected chi connectivity index (χ1v) is 9.99. The molecule has 0 saturated heterocycles. The van der Waals surface area contributed by atoms with Gasteiger partial charge in [-0.3, -0.25) is 4.79 Å². The van der Waals surface area contributed by atoms with Gasteiger partial charge in [0.15, 0.2) is 5.82 Å². The van der Waals surface area contributed by atoms with Crippen LogP contribution in [0, 0.1) is 0 Å². The highest BCUT2D eigenvalue weighted by Crippen LogP contribution is 2.26. The maximum Gasteiger partial charge on any atom is 0.226 e. The highest BCUT2D eigenvalue weighted by molar-refractivity contribution is 5.94. The smallest absolute Gasteiger partial charge is 0.226 e. The van der Waals surface area contributed by atoms with Crippen molar-refractivity contribution in [1.82, 2.24) is 10.1 Å². The summed E-state index contributed by atoms with van der Waals surface area (Å²) in [6.07, 6.45) is 1.66. The quantitative estimate of drug-likeness (QED) is 0.567. The third kappa shape index (κ3) is 5.91. The van der Waals surface area contributed by atoms with Crippen LogP contribution in [0.5, 0.6) is 0 Å². The summed E-state index contributed by atoms with van der Waals surface area (Å²) in [5, 5.41) is 6.99. The zero-order valence-corrected chi connectivity index (χ0v) is 17.3. The molecule has 0 bridgehead atoms. The van der Waals surface area contributed by atoms with Crippen molar-refractivity contribution in [2.45, 2.75) is 45.6 Å². The summed E-state index contributed by atoms with van der Waals surface area (Å²) in [6, 6.07) is 18.1. The van der Waals surface area contributed by atoms with Gasteiger partial charge in [-0.15, -0.1) is 0 Å². The second kappa shape index (κ2) is 9.87. The molecule has 0 fully saturated rings. The number of carbonyl (C=O) groups is 1. The highest BCUT2D eigenvalue weighted by Gasteiger charge is 2.12. The van der Waals surface area contributed by atoms with Crippen molar-refractivity contribution in [3.05, 3.63) is 71.9 Å². The van der Waals surface area contributed by atoms with Gasteiger partial charge in [0.1, 0.15) is 0 Å². The number of aromatic nitrogens is 2. The van der Waals surface area contributed by atoms with Gasteiger partial charge in [-0.25, -0.2) is 0 Å². The predicted octanol–water partition coefficient (Wildman–Crippen LogP) is 4.79. The van der Waals surface area contributed by atoms with Gasteiger partial charge in [0, 0.05) is 32.4 Å². The molecule has 152 valence electrons. The van der Waals surface area contributed by atoms with E-state index in [4.69, 9.17) is 4.52 Å². The molecule has 1 amide bonds. The van der Waals surface area contributed by atoms with E-state index in [0.29, 0.717) is 31.0 Å². The van der Waals surface area contributed by atoms with Gasteiger partial charge in [0.2, 0.25) is 11.8 Å². The molecule has 0 saturated carbocycles. The largest absolute Gasteiger partial charge is 0.369 e. The lowest BCUT2D eigenvalue weighted by Crippen LogP contribution is -2.20. The Morgan fingerprint density at radius 2 is 1.83 bits per heavy atom. The molecule has 0 atom stereocenters. The summed E-state index contributed by atoms with van der Waals surface area (Å²) >= 11 is 0. The first kappa shape index (κ1) is 20.6. The van der Waals surface area contributed by atoms with Gasteiger partial charge >= 0.3 is 0 Å². The van der Waals surface area contributed by atoms with Crippen LogP contribution in [0.4, 0.5) is 11.4 Å². The number of amides is 1. The Kier molecular flexibility index (Phi) is 7.00. The fourth-order valence-corrected chi connectivity index (χ4v) is 3.07.